The van der Waals surface area contributed by atoms with Crippen molar-refractivity contribution in [2.45, 2.75) is 39.2 Å². The molecule has 0 saturated carbocycles. The lowest BCUT2D eigenvalue weighted by Crippen LogP contribution is -2.11. The van der Waals surface area contributed by atoms with Gasteiger partial charge in [0, 0.05) is 19.3 Å². The van der Waals surface area contributed by atoms with Crippen LogP contribution >= 0.6 is 0 Å². The molecular weight excluding hydrogens is 367 g/mol. The highest BCUT2D eigenvalue weighted by Crippen LogP contribution is 2.26. The Morgan fingerprint density at radius 2 is 1.90 bits per heavy atom. The maximum absolute atomic E-state index is 14.1. The number of halogens is 1. The number of ether oxygens (including phenoxy) is 1. The highest BCUT2D eigenvalue weighted by molar-refractivity contribution is 5.89. The molecule has 1 amide bonds. The molecule has 0 saturated heterocycles. The van der Waals surface area contributed by atoms with Crippen LogP contribution in [0.1, 0.15) is 32.3 Å². The van der Waals surface area contributed by atoms with Crippen LogP contribution in [-0.4, -0.2) is 17.0 Å². The van der Waals surface area contributed by atoms with Crippen molar-refractivity contribution in [2.75, 3.05) is 5.32 Å². The van der Waals surface area contributed by atoms with Gasteiger partial charge in [0.05, 0.1) is 11.8 Å². The van der Waals surface area contributed by atoms with Gasteiger partial charge >= 0.3 is 0 Å². The smallest absolute Gasteiger partial charge is 0.221 e. The summed E-state index contributed by atoms with van der Waals surface area (Å²) in [6.45, 7) is 3.42. The fourth-order valence-corrected chi connectivity index (χ4v) is 3.14. The molecule has 0 aliphatic heterocycles. The fraction of sp³-hybridized carbons (Fsp3) is 0.250. The van der Waals surface area contributed by atoms with Gasteiger partial charge in [0.25, 0.3) is 0 Å². The van der Waals surface area contributed by atoms with Crippen LogP contribution in [0.2, 0.25) is 0 Å². The van der Waals surface area contributed by atoms with Gasteiger partial charge < -0.3 is 10.1 Å². The summed E-state index contributed by atoms with van der Waals surface area (Å²) in [5, 5.41) is 2.47. The molecule has 0 aliphatic rings. The maximum Gasteiger partial charge on any atom is 0.221 e. The van der Waals surface area contributed by atoms with Crippen LogP contribution in [-0.2, 0) is 11.2 Å². The Bertz CT molecular complexity index is 943. The van der Waals surface area contributed by atoms with Crippen molar-refractivity contribution in [3.63, 3.8) is 0 Å². The third-order valence-corrected chi connectivity index (χ3v) is 4.60. The highest BCUT2D eigenvalue weighted by atomic mass is 19.1. The van der Waals surface area contributed by atoms with E-state index in [0.717, 1.165) is 36.1 Å². The molecule has 0 radical (unpaired) electrons. The summed E-state index contributed by atoms with van der Waals surface area (Å²) < 4.78 is 20.1. The summed E-state index contributed by atoms with van der Waals surface area (Å²) in [4.78, 5) is 15.2. The molecule has 3 aromatic rings. The highest BCUT2D eigenvalue weighted by Gasteiger charge is 2.08. The molecule has 5 heteroatoms. The van der Waals surface area contributed by atoms with E-state index in [-0.39, 0.29) is 17.7 Å². The number of nitrogens with one attached hydrogen (secondary N) is 1. The van der Waals surface area contributed by atoms with E-state index < -0.39 is 5.82 Å². The molecule has 0 bridgehead atoms. The van der Waals surface area contributed by atoms with Crippen LogP contribution in [0.15, 0.2) is 67.0 Å². The van der Waals surface area contributed by atoms with Gasteiger partial charge in [0.1, 0.15) is 11.6 Å². The number of anilines is 1. The Hall–Kier alpha value is -3.21. The second-order valence-corrected chi connectivity index (χ2v) is 7.08. The van der Waals surface area contributed by atoms with Gasteiger partial charge in [-0.1, -0.05) is 24.3 Å². The lowest BCUT2D eigenvalue weighted by atomic mass is 10.0. The van der Waals surface area contributed by atoms with E-state index in [1.54, 1.807) is 18.3 Å². The fourth-order valence-electron chi connectivity index (χ4n) is 3.14. The third-order valence-electron chi connectivity index (χ3n) is 4.60. The minimum atomic E-state index is -0.458. The molecule has 1 N–H and O–H groups in total. The summed E-state index contributed by atoms with van der Waals surface area (Å²) in [6, 6.07) is 16.4. The predicted octanol–water partition coefficient (Wildman–Crippen LogP) is 5.64. The molecule has 3 rings (SSSR count). The van der Waals surface area contributed by atoms with Crippen LogP contribution < -0.4 is 10.1 Å². The van der Waals surface area contributed by atoms with Crippen LogP contribution in [0.25, 0.3) is 11.1 Å². The number of benzene rings is 2. The first-order valence-electron chi connectivity index (χ1n) is 9.74. The minimum Gasteiger partial charge on any atom is -0.491 e. The lowest BCUT2D eigenvalue weighted by Gasteiger charge is -2.15. The zero-order chi connectivity index (χ0) is 20.6. The summed E-state index contributed by atoms with van der Waals surface area (Å²) in [7, 11) is 0. The standard InChI is InChI=1S/C24H25FN2O2/c1-17(5-3-6-19-7-4-14-26-16-19)29-22-11-8-20(9-12-22)21-10-13-24(23(25)15-21)27-18(2)28/h4,7-17H,3,5-6H2,1-2H3,(H,27,28)/t17-/m0/s1. The maximum atomic E-state index is 14.1. The van der Waals surface area contributed by atoms with Crippen molar-refractivity contribution in [1.29, 1.82) is 0 Å². The quantitative estimate of drug-likeness (QED) is 0.540. The summed E-state index contributed by atoms with van der Waals surface area (Å²) in [5.41, 5.74) is 3.05. The van der Waals surface area contributed by atoms with E-state index >= 15 is 0 Å². The van der Waals surface area contributed by atoms with Gasteiger partial charge in [-0.15, -0.1) is 0 Å². The molecule has 0 spiro atoms. The van der Waals surface area contributed by atoms with E-state index in [9.17, 15) is 9.18 Å². The van der Waals surface area contributed by atoms with Crippen molar-refractivity contribution >= 4 is 11.6 Å². The van der Waals surface area contributed by atoms with E-state index in [2.05, 4.69) is 23.3 Å². The van der Waals surface area contributed by atoms with Gasteiger partial charge in [-0.3, -0.25) is 9.78 Å². The molecule has 29 heavy (non-hydrogen) atoms. The van der Waals surface area contributed by atoms with Crippen molar-refractivity contribution in [1.82, 2.24) is 4.98 Å². The molecule has 0 unspecified atom stereocenters. The molecule has 1 aromatic heterocycles. The van der Waals surface area contributed by atoms with Gasteiger partial charge in [-0.2, -0.15) is 0 Å². The number of aromatic nitrogens is 1. The first kappa shape index (κ1) is 20.5. The topological polar surface area (TPSA) is 51.2 Å². The molecule has 4 nitrogen and oxygen atoms in total. The van der Waals surface area contributed by atoms with Crippen molar-refractivity contribution in [3.05, 3.63) is 78.4 Å². The Morgan fingerprint density at radius 3 is 2.55 bits per heavy atom. The average molecular weight is 392 g/mol. The number of aryl methyl sites for hydroxylation is 1. The number of hydrogen-bond acceptors (Lipinski definition) is 3. The van der Waals surface area contributed by atoms with Gasteiger partial charge in [-0.05, 0) is 73.2 Å². The largest absolute Gasteiger partial charge is 0.491 e. The Balaban J connectivity index is 1.54. The Labute approximate surface area is 170 Å². The van der Waals surface area contributed by atoms with Crippen molar-refractivity contribution in [2.24, 2.45) is 0 Å². The number of nitrogens with zero attached hydrogens (tertiary/aromatic N) is 1. The molecule has 1 heterocycles. The number of amides is 1. The number of pyridine rings is 1. The van der Waals surface area contributed by atoms with Crippen LogP contribution in [0.3, 0.4) is 0 Å². The summed E-state index contributed by atoms with van der Waals surface area (Å²) >= 11 is 0. The van der Waals surface area contributed by atoms with Crippen LogP contribution in [0, 0.1) is 5.82 Å². The normalized spacial score (nSPS) is 11.7. The van der Waals surface area contributed by atoms with E-state index in [4.69, 9.17) is 4.74 Å². The average Bonchev–Trinajstić information content (AvgIpc) is 2.71. The number of hydrogen-bond donors (Lipinski definition) is 1. The van der Waals surface area contributed by atoms with E-state index in [1.165, 1.54) is 18.6 Å². The Morgan fingerprint density at radius 1 is 1.14 bits per heavy atom. The summed E-state index contributed by atoms with van der Waals surface area (Å²) in [5.74, 6) is 0.0333. The molecule has 2 aromatic carbocycles. The molecule has 150 valence electrons. The van der Waals surface area contributed by atoms with Crippen LogP contribution in [0.5, 0.6) is 5.75 Å². The zero-order valence-corrected chi connectivity index (χ0v) is 16.7. The van der Waals surface area contributed by atoms with Gasteiger partial charge in [0.2, 0.25) is 5.91 Å². The monoisotopic (exact) mass is 392 g/mol. The molecule has 0 fully saturated rings. The second-order valence-electron chi connectivity index (χ2n) is 7.08. The van der Waals surface area contributed by atoms with E-state index in [0.29, 0.717) is 0 Å². The third kappa shape index (κ3) is 6.14. The molecule has 1 atom stereocenters. The SMILES string of the molecule is CC(=O)Nc1ccc(-c2ccc(O[C@@H](C)CCCc3cccnc3)cc2)cc1F. The number of carbonyl (C=O) groups excluding carboxylic acids is 1. The predicted molar refractivity (Wildman–Crippen MR) is 113 cm³/mol. The minimum absolute atomic E-state index is 0.104. The van der Waals surface area contributed by atoms with Crippen molar-refractivity contribution < 1.29 is 13.9 Å². The summed E-state index contributed by atoms with van der Waals surface area (Å²) in [6.07, 6.45) is 6.75. The van der Waals surface area contributed by atoms with Gasteiger partial charge in [0.15, 0.2) is 0 Å². The first-order valence-corrected chi connectivity index (χ1v) is 9.74. The number of carbonyl (C=O) groups is 1. The first-order chi connectivity index (χ1) is 14.0. The number of rotatable bonds is 8. The van der Waals surface area contributed by atoms with Gasteiger partial charge in [-0.25, -0.2) is 4.39 Å². The molecule has 0 aliphatic carbocycles. The zero-order valence-electron chi connectivity index (χ0n) is 16.7. The Kier molecular flexibility index (Phi) is 6.95. The molecular formula is C24H25FN2O2. The lowest BCUT2D eigenvalue weighted by molar-refractivity contribution is -0.114. The second kappa shape index (κ2) is 9.82. The van der Waals surface area contributed by atoms with E-state index in [1.807, 2.05) is 36.5 Å². The van der Waals surface area contributed by atoms with Crippen LogP contribution in [0.4, 0.5) is 10.1 Å². The van der Waals surface area contributed by atoms with Crippen molar-refractivity contribution in [3.8, 4) is 16.9 Å².